The van der Waals surface area contributed by atoms with Crippen LogP contribution in [0.5, 0.6) is 11.5 Å². The number of aromatic nitrogens is 1. The van der Waals surface area contributed by atoms with Crippen LogP contribution in [0.4, 0.5) is 4.39 Å². The fraction of sp³-hybridized carbons (Fsp3) is 0.188. The fourth-order valence-corrected chi connectivity index (χ4v) is 2.80. The maximum absolute atomic E-state index is 13.6. The van der Waals surface area contributed by atoms with Crippen LogP contribution < -0.4 is 14.0 Å². The average Bonchev–Trinajstić information content (AvgIpc) is 2.93. The number of fused-ring (bicyclic) bond motifs is 4. The van der Waals surface area contributed by atoms with Crippen molar-refractivity contribution in [3.8, 4) is 11.5 Å². The van der Waals surface area contributed by atoms with E-state index in [4.69, 9.17) is 9.47 Å². The van der Waals surface area contributed by atoms with Crippen LogP contribution in [0.15, 0.2) is 36.5 Å². The lowest BCUT2D eigenvalue weighted by Gasteiger charge is -2.06. The molecule has 4 rings (SSSR count). The molecule has 21 heavy (non-hydrogen) atoms. The third-order valence-corrected chi connectivity index (χ3v) is 3.74. The quantitative estimate of drug-likeness (QED) is 0.580. The van der Waals surface area contributed by atoms with Gasteiger partial charge in [0.2, 0.25) is 12.3 Å². The summed E-state index contributed by atoms with van der Waals surface area (Å²) in [5.41, 5.74) is 0.872. The van der Waals surface area contributed by atoms with Gasteiger partial charge in [0.15, 0.2) is 24.2 Å². The third-order valence-electron chi connectivity index (χ3n) is 3.74. The summed E-state index contributed by atoms with van der Waals surface area (Å²) in [5, 5.41) is 11.8. The first-order valence-electron chi connectivity index (χ1n) is 6.72. The van der Waals surface area contributed by atoms with Crippen LogP contribution in [-0.2, 0) is 6.54 Å². The number of hydrogen-bond donors (Lipinski definition) is 1. The summed E-state index contributed by atoms with van der Waals surface area (Å²) in [6.45, 7) is 0.675. The van der Waals surface area contributed by atoms with Gasteiger partial charge in [-0.15, -0.1) is 0 Å². The van der Waals surface area contributed by atoms with Crippen molar-refractivity contribution >= 4 is 21.7 Å². The molecule has 3 aromatic rings. The lowest BCUT2D eigenvalue weighted by atomic mass is 10.1. The predicted octanol–water partition coefficient (Wildman–Crippen LogP) is 2.14. The Balaban J connectivity index is 2.12. The number of ether oxygens (including phenoxy) is 2. The van der Waals surface area contributed by atoms with E-state index in [0.717, 1.165) is 21.7 Å². The molecule has 0 amide bonds. The molecule has 4 nitrogen and oxygen atoms in total. The third kappa shape index (κ3) is 1.89. The molecule has 0 spiro atoms. The molecule has 1 N–H and O–H groups in total. The molecule has 0 unspecified atom stereocenters. The average molecular weight is 286 g/mol. The molecule has 0 bridgehead atoms. The summed E-state index contributed by atoms with van der Waals surface area (Å²) in [6.07, 6.45) is 1.94. The van der Waals surface area contributed by atoms with Gasteiger partial charge in [-0.25, -0.2) is 4.39 Å². The summed E-state index contributed by atoms with van der Waals surface area (Å²) in [5.74, 6) is 1.07. The largest absolute Gasteiger partial charge is 0.454 e. The smallest absolute Gasteiger partial charge is 0.231 e. The summed E-state index contributed by atoms with van der Waals surface area (Å²) >= 11 is 0. The van der Waals surface area contributed by atoms with Crippen molar-refractivity contribution in [2.24, 2.45) is 0 Å². The summed E-state index contributed by atoms with van der Waals surface area (Å²) in [4.78, 5) is 0. The van der Waals surface area contributed by atoms with Gasteiger partial charge in [-0.1, -0.05) is 0 Å². The number of pyridine rings is 1. The van der Waals surface area contributed by atoms with E-state index in [-0.39, 0.29) is 19.2 Å². The normalized spacial score (nSPS) is 13.2. The van der Waals surface area contributed by atoms with Crippen LogP contribution in [0, 0.1) is 5.82 Å². The van der Waals surface area contributed by atoms with Crippen molar-refractivity contribution in [3.63, 3.8) is 0 Å². The Morgan fingerprint density at radius 2 is 1.90 bits per heavy atom. The lowest BCUT2D eigenvalue weighted by molar-refractivity contribution is -0.671. The Morgan fingerprint density at radius 1 is 1.10 bits per heavy atom. The zero-order valence-corrected chi connectivity index (χ0v) is 11.2. The van der Waals surface area contributed by atoms with Crippen molar-refractivity contribution in [1.82, 2.24) is 0 Å². The van der Waals surface area contributed by atoms with Gasteiger partial charge in [0.25, 0.3) is 0 Å². The number of hydrogen-bond acceptors (Lipinski definition) is 3. The van der Waals surface area contributed by atoms with Crippen LogP contribution in [-0.4, -0.2) is 18.5 Å². The Bertz CT molecular complexity index is 863. The van der Waals surface area contributed by atoms with Gasteiger partial charge < -0.3 is 14.6 Å². The van der Waals surface area contributed by atoms with E-state index < -0.39 is 0 Å². The van der Waals surface area contributed by atoms with E-state index in [1.807, 2.05) is 22.9 Å². The van der Waals surface area contributed by atoms with Crippen molar-refractivity contribution in [1.29, 1.82) is 0 Å². The molecule has 106 valence electrons. The molecular weight excluding hydrogens is 273 g/mol. The van der Waals surface area contributed by atoms with E-state index >= 15 is 0 Å². The molecule has 5 heteroatoms. The monoisotopic (exact) mass is 286 g/mol. The summed E-state index contributed by atoms with van der Waals surface area (Å²) in [7, 11) is 0. The van der Waals surface area contributed by atoms with E-state index in [1.165, 1.54) is 12.1 Å². The van der Waals surface area contributed by atoms with Crippen LogP contribution in [0.1, 0.15) is 0 Å². The zero-order valence-electron chi connectivity index (χ0n) is 11.2. The van der Waals surface area contributed by atoms with E-state index in [2.05, 4.69) is 0 Å². The van der Waals surface area contributed by atoms with Gasteiger partial charge in [0.05, 0.1) is 10.8 Å². The molecule has 1 aromatic heterocycles. The van der Waals surface area contributed by atoms with Gasteiger partial charge >= 0.3 is 0 Å². The van der Waals surface area contributed by atoms with Crippen LogP contribution in [0.2, 0.25) is 0 Å². The maximum Gasteiger partial charge on any atom is 0.231 e. The van der Waals surface area contributed by atoms with E-state index in [1.54, 1.807) is 6.07 Å². The highest BCUT2D eigenvalue weighted by Gasteiger charge is 2.19. The zero-order chi connectivity index (χ0) is 14.4. The highest BCUT2D eigenvalue weighted by Crippen LogP contribution is 2.37. The minimum atomic E-state index is -0.289. The number of benzene rings is 2. The fourth-order valence-electron chi connectivity index (χ4n) is 2.80. The van der Waals surface area contributed by atoms with Crippen molar-refractivity contribution in [2.45, 2.75) is 6.54 Å². The first kappa shape index (κ1) is 12.3. The molecule has 2 heterocycles. The molecule has 0 saturated heterocycles. The molecule has 0 fully saturated rings. The van der Waals surface area contributed by atoms with Gasteiger partial charge in [0.1, 0.15) is 12.4 Å². The van der Waals surface area contributed by atoms with Gasteiger partial charge in [0, 0.05) is 11.5 Å². The highest BCUT2D eigenvalue weighted by molar-refractivity contribution is 6.05. The molecule has 0 radical (unpaired) electrons. The Kier molecular flexibility index (Phi) is 2.68. The Morgan fingerprint density at radius 3 is 2.71 bits per heavy atom. The number of aliphatic hydroxyl groups excluding tert-OH is 1. The Labute approximate surface area is 120 Å². The maximum atomic E-state index is 13.6. The molecule has 1 aliphatic rings. The van der Waals surface area contributed by atoms with Gasteiger partial charge in [-0.3, -0.25) is 0 Å². The van der Waals surface area contributed by atoms with Crippen molar-refractivity contribution in [2.75, 3.05) is 13.4 Å². The highest BCUT2D eigenvalue weighted by atomic mass is 19.1. The topological polar surface area (TPSA) is 42.6 Å². The summed E-state index contributed by atoms with van der Waals surface area (Å²) in [6, 6.07) is 8.42. The number of aliphatic hydroxyl groups is 1. The minimum Gasteiger partial charge on any atom is -0.454 e. The second kappa shape index (κ2) is 4.56. The van der Waals surface area contributed by atoms with Crippen LogP contribution >= 0.6 is 0 Å². The van der Waals surface area contributed by atoms with Crippen LogP contribution in [0.25, 0.3) is 21.7 Å². The van der Waals surface area contributed by atoms with E-state index in [9.17, 15) is 9.50 Å². The second-order valence-electron chi connectivity index (χ2n) is 5.00. The Hall–Kier alpha value is -2.40. The molecule has 0 aliphatic carbocycles. The first-order chi connectivity index (χ1) is 10.3. The molecule has 0 saturated carbocycles. The summed E-state index contributed by atoms with van der Waals surface area (Å²) < 4.78 is 26.3. The number of rotatable bonds is 2. The molecular formula is C16H13FNO3+. The lowest BCUT2D eigenvalue weighted by Crippen LogP contribution is -2.36. The first-order valence-corrected chi connectivity index (χ1v) is 6.72. The SMILES string of the molecule is OCC[n+]1cc2cc3c(cc2c2cc(F)ccc21)OCO3. The molecule has 0 atom stereocenters. The molecule has 2 aromatic carbocycles. The number of nitrogens with zero attached hydrogens (tertiary/aromatic N) is 1. The van der Waals surface area contributed by atoms with Crippen molar-refractivity contribution < 1.29 is 23.5 Å². The molecule has 1 aliphatic heterocycles. The minimum absolute atomic E-state index is 0.0210. The van der Waals surface area contributed by atoms with E-state index in [0.29, 0.717) is 18.0 Å². The number of halogens is 1. The van der Waals surface area contributed by atoms with Gasteiger partial charge in [-0.05, 0) is 24.3 Å². The standard InChI is InChI=1S/C16H13FNO3/c17-11-1-2-14-13(6-11)12-7-16-15(20-9-21-16)5-10(12)8-18(14)3-4-19/h1-2,5-8,19H,3-4,9H2/q+1. The van der Waals surface area contributed by atoms with Gasteiger partial charge in [-0.2, -0.15) is 4.57 Å². The second-order valence-corrected chi connectivity index (χ2v) is 5.00. The predicted molar refractivity (Wildman–Crippen MR) is 74.8 cm³/mol. The van der Waals surface area contributed by atoms with Crippen molar-refractivity contribution in [3.05, 3.63) is 42.3 Å². The van der Waals surface area contributed by atoms with Crippen LogP contribution in [0.3, 0.4) is 0 Å².